The number of rotatable bonds is 7. The van der Waals surface area contributed by atoms with E-state index in [2.05, 4.69) is 14.7 Å². The van der Waals surface area contributed by atoms with Crippen molar-refractivity contribution in [3.8, 4) is 11.1 Å². The first-order valence-electron chi connectivity index (χ1n) is 10.8. The minimum atomic E-state index is -3.85. The number of carbonyl (C=O) groups is 1. The van der Waals surface area contributed by atoms with Gasteiger partial charge in [0.15, 0.2) is 11.9 Å². The van der Waals surface area contributed by atoms with Crippen LogP contribution >= 0.6 is 22.7 Å². The number of thiophene rings is 2. The summed E-state index contributed by atoms with van der Waals surface area (Å²) in [6.07, 6.45) is -0.890. The Morgan fingerprint density at radius 1 is 1.03 bits per heavy atom. The van der Waals surface area contributed by atoms with Crippen molar-refractivity contribution in [2.24, 2.45) is 0 Å². The molecule has 0 fully saturated rings. The highest BCUT2D eigenvalue weighted by Gasteiger charge is 2.23. The van der Waals surface area contributed by atoms with Crippen molar-refractivity contribution in [1.29, 1.82) is 0 Å². The van der Waals surface area contributed by atoms with Gasteiger partial charge in [-0.25, -0.2) is 18.2 Å². The average Bonchev–Trinajstić information content (AvgIpc) is 3.56. The van der Waals surface area contributed by atoms with E-state index in [0.29, 0.717) is 10.2 Å². The van der Waals surface area contributed by atoms with Gasteiger partial charge in [0.1, 0.15) is 9.04 Å². The van der Waals surface area contributed by atoms with E-state index in [1.54, 1.807) is 30.5 Å². The number of carbonyl (C=O) groups excluding carboxylic acids is 1. The minimum Gasteiger partial charge on any atom is -0.451 e. The number of anilines is 1. The zero-order valence-electron chi connectivity index (χ0n) is 18.8. The fraction of sp³-hybridized carbons (Fsp3) is 0.0800. The average molecular weight is 538 g/mol. The molecular formula is C25H19N3O5S3. The van der Waals surface area contributed by atoms with Gasteiger partial charge in [-0.1, -0.05) is 48.5 Å². The van der Waals surface area contributed by atoms with Gasteiger partial charge < -0.3 is 9.72 Å². The molecule has 5 aromatic rings. The number of nitrogens with one attached hydrogen (secondary N) is 2. The number of fused-ring (bicyclic) bond motifs is 1. The quantitative estimate of drug-likeness (QED) is 0.267. The van der Waals surface area contributed by atoms with E-state index in [1.165, 1.54) is 29.5 Å². The van der Waals surface area contributed by atoms with Crippen LogP contribution in [-0.4, -0.2) is 24.4 Å². The summed E-state index contributed by atoms with van der Waals surface area (Å²) in [7, 11) is -3.85. The number of para-hydroxylation sites is 1. The summed E-state index contributed by atoms with van der Waals surface area (Å²) in [6.45, 7) is 1.59. The summed E-state index contributed by atoms with van der Waals surface area (Å²) >= 11 is 2.40. The van der Waals surface area contributed by atoms with Crippen LogP contribution in [-0.2, 0) is 14.8 Å². The van der Waals surface area contributed by atoms with Crippen molar-refractivity contribution in [3.05, 3.63) is 99.2 Å². The summed E-state index contributed by atoms with van der Waals surface area (Å²) in [6, 6.07) is 18.8. The van der Waals surface area contributed by atoms with Gasteiger partial charge in [-0.3, -0.25) is 9.52 Å². The Bertz CT molecular complexity index is 1710. The van der Waals surface area contributed by atoms with Gasteiger partial charge in [-0.05, 0) is 36.1 Å². The summed E-state index contributed by atoms with van der Waals surface area (Å²) in [5.41, 5.74) is 1.49. The molecule has 0 aliphatic carbocycles. The van der Waals surface area contributed by atoms with Crippen LogP contribution in [0.1, 0.15) is 29.2 Å². The maximum atomic E-state index is 13.0. The van der Waals surface area contributed by atoms with Crippen LogP contribution in [0.5, 0.6) is 0 Å². The maximum absolute atomic E-state index is 13.0. The van der Waals surface area contributed by atoms with Crippen molar-refractivity contribution in [3.63, 3.8) is 0 Å². The Labute approximate surface area is 214 Å². The molecule has 0 bridgehead atoms. The molecule has 0 spiro atoms. The SMILES string of the molecule is C[C@H](OC(=O)c1ccccc1NS(=O)(=O)c1cccs1)c1nc2scc(-c3ccccc3)c2c(=O)[nH]1. The Kier molecular flexibility index (Phi) is 6.44. The molecule has 1 atom stereocenters. The third-order valence-corrected chi connectivity index (χ3v) is 9.00. The topological polar surface area (TPSA) is 118 Å². The van der Waals surface area contributed by atoms with Crippen molar-refractivity contribution in [1.82, 2.24) is 9.97 Å². The van der Waals surface area contributed by atoms with E-state index in [4.69, 9.17) is 4.74 Å². The van der Waals surface area contributed by atoms with Gasteiger partial charge in [0.25, 0.3) is 15.6 Å². The van der Waals surface area contributed by atoms with E-state index in [1.807, 2.05) is 35.7 Å². The van der Waals surface area contributed by atoms with Gasteiger partial charge in [0.05, 0.1) is 16.6 Å². The zero-order valence-corrected chi connectivity index (χ0v) is 21.2. The molecule has 0 saturated carbocycles. The highest BCUT2D eigenvalue weighted by molar-refractivity contribution is 7.94. The standard InChI is InChI=1S/C25H19N3O5S3/c1-15(22-26-23(29)21-18(14-35-24(21)27-22)16-8-3-2-4-9-16)33-25(30)17-10-5-6-11-19(17)28-36(31,32)20-12-7-13-34-20/h2-15,28H,1H3,(H,26,27,29)/t15-/m0/s1. The van der Waals surface area contributed by atoms with Crippen LogP contribution in [0.2, 0.25) is 0 Å². The zero-order chi connectivity index (χ0) is 25.3. The van der Waals surface area contributed by atoms with E-state index in [0.717, 1.165) is 22.5 Å². The molecule has 2 N–H and O–H groups in total. The Balaban J connectivity index is 1.40. The van der Waals surface area contributed by atoms with Gasteiger partial charge in [0, 0.05) is 10.9 Å². The second-order valence-electron chi connectivity index (χ2n) is 7.78. The number of esters is 1. The summed E-state index contributed by atoms with van der Waals surface area (Å²) in [5.74, 6) is -0.565. The first-order valence-corrected chi connectivity index (χ1v) is 14.0. The number of nitrogens with zero attached hydrogens (tertiary/aromatic N) is 1. The predicted octanol–water partition coefficient (Wildman–Crippen LogP) is 5.43. The fourth-order valence-electron chi connectivity index (χ4n) is 3.63. The number of benzene rings is 2. The van der Waals surface area contributed by atoms with Gasteiger partial charge in [-0.2, -0.15) is 0 Å². The van der Waals surface area contributed by atoms with Crippen LogP contribution in [0, 0.1) is 0 Å². The lowest BCUT2D eigenvalue weighted by atomic mass is 10.1. The molecule has 3 aromatic heterocycles. The predicted molar refractivity (Wildman–Crippen MR) is 141 cm³/mol. The largest absolute Gasteiger partial charge is 0.451 e. The molecule has 0 radical (unpaired) electrons. The maximum Gasteiger partial charge on any atom is 0.340 e. The number of ether oxygens (including phenoxy) is 1. The van der Waals surface area contributed by atoms with Gasteiger partial charge >= 0.3 is 5.97 Å². The van der Waals surface area contributed by atoms with Crippen molar-refractivity contribution in [2.45, 2.75) is 17.2 Å². The minimum absolute atomic E-state index is 0.0374. The molecule has 11 heteroatoms. The lowest BCUT2D eigenvalue weighted by molar-refractivity contribution is 0.0321. The van der Waals surface area contributed by atoms with Crippen LogP contribution in [0.4, 0.5) is 5.69 Å². The highest BCUT2D eigenvalue weighted by Crippen LogP contribution is 2.31. The lowest BCUT2D eigenvalue weighted by Crippen LogP contribution is -2.19. The van der Waals surface area contributed by atoms with Crippen molar-refractivity contribution < 1.29 is 17.9 Å². The molecule has 0 unspecified atom stereocenters. The normalized spacial score (nSPS) is 12.4. The third kappa shape index (κ3) is 4.68. The van der Waals surface area contributed by atoms with Crippen LogP contribution in [0.3, 0.4) is 0 Å². The number of sulfonamides is 1. The molecule has 2 aromatic carbocycles. The Morgan fingerprint density at radius 2 is 1.78 bits per heavy atom. The molecule has 0 amide bonds. The van der Waals surface area contributed by atoms with E-state index in [-0.39, 0.29) is 26.8 Å². The second-order valence-corrected chi connectivity index (χ2v) is 11.5. The van der Waals surface area contributed by atoms with Gasteiger partial charge in [-0.15, -0.1) is 22.7 Å². The molecule has 5 rings (SSSR count). The summed E-state index contributed by atoms with van der Waals surface area (Å²) < 4.78 is 33.4. The molecule has 0 aliphatic rings. The van der Waals surface area contributed by atoms with E-state index < -0.39 is 22.1 Å². The third-order valence-electron chi connectivity index (χ3n) is 5.37. The van der Waals surface area contributed by atoms with Gasteiger partial charge in [0.2, 0.25) is 0 Å². The fourth-order valence-corrected chi connectivity index (χ4v) is 6.66. The molecule has 182 valence electrons. The second kappa shape index (κ2) is 9.69. The molecule has 36 heavy (non-hydrogen) atoms. The first-order chi connectivity index (χ1) is 17.3. The number of aromatic amines is 1. The van der Waals surface area contributed by atoms with Crippen molar-refractivity contribution >= 4 is 54.6 Å². The van der Waals surface area contributed by atoms with Crippen LogP contribution in [0.25, 0.3) is 21.3 Å². The summed E-state index contributed by atoms with van der Waals surface area (Å²) in [4.78, 5) is 33.7. The first kappa shape index (κ1) is 23.9. The van der Waals surface area contributed by atoms with Crippen LogP contribution < -0.4 is 10.3 Å². The molecule has 0 saturated heterocycles. The van der Waals surface area contributed by atoms with Crippen molar-refractivity contribution in [2.75, 3.05) is 4.72 Å². The number of hydrogen-bond donors (Lipinski definition) is 2. The number of aromatic nitrogens is 2. The highest BCUT2D eigenvalue weighted by atomic mass is 32.2. The Morgan fingerprint density at radius 3 is 2.53 bits per heavy atom. The molecule has 3 heterocycles. The number of hydrogen-bond acceptors (Lipinski definition) is 8. The van der Waals surface area contributed by atoms with E-state index in [9.17, 15) is 18.0 Å². The molecule has 8 nitrogen and oxygen atoms in total. The van der Waals surface area contributed by atoms with E-state index >= 15 is 0 Å². The number of H-pyrrole nitrogens is 1. The smallest absolute Gasteiger partial charge is 0.340 e. The monoisotopic (exact) mass is 537 g/mol. The lowest BCUT2D eigenvalue weighted by Gasteiger charge is -2.15. The molecule has 0 aliphatic heterocycles. The van der Waals surface area contributed by atoms with Crippen LogP contribution in [0.15, 0.2) is 86.5 Å². The summed E-state index contributed by atoms with van der Waals surface area (Å²) in [5, 5.41) is 4.00. The molecular weight excluding hydrogens is 518 g/mol. The Hall–Kier alpha value is -3.80.